The number of nitrogens with zero attached hydrogens (tertiary/aromatic N) is 3. The maximum Gasteiger partial charge on any atom is 0.216 e. The summed E-state index contributed by atoms with van der Waals surface area (Å²) in [5, 5.41) is 4.18. The van der Waals surface area contributed by atoms with Crippen LogP contribution < -0.4 is 0 Å². The Hall–Kier alpha value is -2.01. The molecule has 0 saturated carbocycles. The van der Waals surface area contributed by atoms with E-state index in [0.717, 1.165) is 16.6 Å². The highest BCUT2D eigenvalue weighted by molar-refractivity contribution is 7.71. The normalized spacial score (nSPS) is 10.9. The quantitative estimate of drug-likeness (QED) is 0.667. The van der Waals surface area contributed by atoms with E-state index in [1.807, 2.05) is 43.4 Å². The number of aromatic nitrogens is 4. The molecule has 2 aromatic heterocycles. The molecule has 0 bridgehead atoms. The first-order chi connectivity index (χ1) is 8.24. The second kappa shape index (κ2) is 3.78. The molecule has 1 N–H and O–H groups in total. The number of H-pyrrole nitrogens is 1. The van der Waals surface area contributed by atoms with Crippen LogP contribution in [0.5, 0.6) is 0 Å². The molecule has 5 heteroatoms. The Morgan fingerprint density at radius 2 is 1.94 bits per heavy atom. The Kier molecular flexibility index (Phi) is 2.26. The third-order valence-electron chi connectivity index (χ3n) is 2.61. The maximum absolute atomic E-state index is 5.06. The lowest BCUT2D eigenvalue weighted by Crippen LogP contribution is -1.91. The van der Waals surface area contributed by atoms with Crippen molar-refractivity contribution in [1.82, 2.24) is 19.7 Å². The predicted octanol–water partition coefficient (Wildman–Crippen LogP) is 2.69. The van der Waals surface area contributed by atoms with Gasteiger partial charge < -0.3 is 0 Å². The number of aromatic amines is 1. The van der Waals surface area contributed by atoms with Gasteiger partial charge in [-0.15, -0.1) is 0 Å². The molecular formula is C12H10N4S. The van der Waals surface area contributed by atoms with Gasteiger partial charge in [-0.25, -0.2) is 4.98 Å². The number of rotatable bonds is 1. The summed E-state index contributed by atoms with van der Waals surface area (Å²) in [6, 6.07) is 12.0. The second-order valence-corrected chi connectivity index (χ2v) is 4.17. The van der Waals surface area contributed by atoms with Gasteiger partial charge in [0.25, 0.3) is 0 Å². The monoisotopic (exact) mass is 242 g/mol. The van der Waals surface area contributed by atoms with Gasteiger partial charge in [-0.1, -0.05) is 24.3 Å². The molecule has 0 aliphatic heterocycles. The summed E-state index contributed by atoms with van der Waals surface area (Å²) >= 11 is 5.06. The van der Waals surface area contributed by atoms with Gasteiger partial charge in [0.05, 0.1) is 5.52 Å². The van der Waals surface area contributed by atoms with Crippen molar-refractivity contribution in [2.24, 2.45) is 7.05 Å². The average molecular weight is 242 g/mol. The molecule has 0 unspecified atom stereocenters. The lowest BCUT2D eigenvalue weighted by atomic mass is 10.2. The van der Waals surface area contributed by atoms with E-state index in [4.69, 9.17) is 12.2 Å². The first-order valence-electron chi connectivity index (χ1n) is 5.23. The fourth-order valence-electron chi connectivity index (χ4n) is 1.71. The van der Waals surface area contributed by atoms with Crippen LogP contribution in [0.4, 0.5) is 0 Å². The van der Waals surface area contributed by atoms with E-state index < -0.39 is 0 Å². The van der Waals surface area contributed by atoms with Crippen molar-refractivity contribution in [3.63, 3.8) is 0 Å². The summed E-state index contributed by atoms with van der Waals surface area (Å²) in [5.74, 6) is 0.697. The molecule has 0 atom stereocenters. The van der Waals surface area contributed by atoms with E-state index in [-0.39, 0.29) is 0 Å². The molecule has 0 fully saturated rings. The number of hydrogen-bond donors (Lipinski definition) is 1. The lowest BCUT2D eigenvalue weighted by molar-refractivity contribution is 0.755. The van der Waals surface area contributed by atoms with Gasteiger partial charge in [0, 0.05) is 12.4 Å². The minimum Gasteiger partial charge on any atom is -0.278 e. The second-order valence-electron chi connectivity index (χ2n) is 3.80. The molecule has 1 aromatic carbocycles. The van der Waals surface area contributed by atoms with Gasteiger partial charge in [-0.2, -0.15) is 4.98 Å². The highest BCUT2D eigenvalue weighted by Crippen LogP contribution is 2.17. The summed E-state index contributed by atoms with van der Waals surface area (Å²) in [5.41, 5.74) is 1.75. The van der Waals surface area contributed by atoms with Crippen LogP contribution in [0.1, 0.15) is 0 Å². The molecule has 0 spiro atoms. The summed E-state index contributed by atoms with van der Waals surface area (Å²) in [6.07, 6.45) is 0. The fourth-order valence-corrected chi connectivity index (χ4v) is 1.85. The highest BCUT2D eigenvalue weighted by atomic mass is 32.1. The molecule has 2 heterocycles. The van der Waals surface area contributed by atoms with Crippen LogP contribution in [-0.4, -0.2) is 19.7 Å². The topological polar surface area (TPSA) is 46.5 Å². The van der Waals surface area contributed by atoms with Crippen molar-refractivity contribution in [2.45, 2.75) is 0 Å². The summed E-state index contributed by atoms with van der Waals surface area (Å²) < 4.78 is 2.22. The lowest BCUT2D eigenvalue weighted by Gasteiger charge is -1.99. The maximum atomic E-state index is 5.06. The van der Waals surface area contributed by atoms with Crippen molar-refractivity contribution >= 4 is 23.1 Å². The number of pyridine rings is 1. The van der Waals surface area contributed by atoms with Gasteiger partial charge in [0.2, 0.25) is 4.77 Å². The van der Waals surface area contributed by atoms with Crippen LogP contribution in [0.15, 0.2) is 36.4 Å². The van der Waals surface area contributed by atoms with Crippen molar-refractivity contribution in [3.05, 3.63) is 41.2 Å². The van der Waals surface area contributed by atoms with Crippen LogP contribution in [0, 0.1) is 4.77 Å². The zero-order chi connectivity index (χ0) is 11.8. The third kappa shape index (κ3) is 1.74. The molecule has 0 amide bonds. The minimum atomic E-state index is 0.523. The van der Waals surface area contributed by atoms with Crippen molar-refractivity contribution < 1.29 is 0 Å². The Morgan fingerprint density at radius 3 is 2.71 bits per heavy atom. The van der Waals surface area contributed by atoms with Crippen LogP contribution in [0.25, 0.3) is 22.4 Å². The minimum absolute atomic E-state index is 0.523. The van der Waals surface area contributed by atoms with E-state index >= 15 is 0 Å². The molecule has 0 aliphatic carbocycles. The Morgan fingerprint density at radius 1 is 1.12 bits per heavy atom. The SMILES string of the molecule is Cn1[nH]c(-c2ccc3ccccc3n2)nc1=S. The summed E-state index contributed by atoms with van der Waals surface area (Å²) in [4.78, 5) is 8.79. The van der Waals surface area contributed by atoms with Crippen molar-refractivity contribution in [3.8, 4) is 11.5 Å². The van der Waals surface area contributed by atoms with E-state index in [1.54, 1.807) is 4.68 Å². The highest BCUT2D eigenvalue weighted by Gasteiger charge is 2.05. The van der Waals surface area contributed by atoms with E-state index in [9.17, 15) is 0 Å². The largest absolute Gasteiger partial charge is 0.278 e. The first kappa shape index (κ1) is 10.2. The van der Waals surface area contributed by atoms with E-state index in [2.05, 4.69) is 15.1 Å². The van der Waals surface area contributed by atoms with Crippen LogP contribution in [-0.2, 0) is 7.05 Å². The third-order valence-corrected chi connectivity index (χ3v) is 2.97. The molecule has 0 saturated heterocycles. The number of para-hydroxylation sites is 1. The first-order valence-corrected chi connectivity index (χ1v) is 5.64. The standard InChI is InChI=1S/C12H10N4S/c1-16-12(17)14-11(15-16)10-7-6-8-4-2-3-5-9(8)13-10/h2-7H,1H3,(H,14,15,17). The fraction of sp³-hybridized carbons (Fsp3) is 0.0833. The van der Waals surface area contributed by atoms with E-state index in [1.165, 1.54) is 0 Å². The number of nitrogens with one attached hydrogen (secondary N) is 1. The molecular weight excluding hydrogens is 232 g/mol. The van der Waals surface area contributed by atoms with Gasteiger partial charge in [-0.3, -0.25) is 9.78 Å². The predicted molar refractivity (Wildman–Crippen MR) is 69.1 cm³/mol. The average Bonchev–Trinajstić information content (AvgIpc) is 2.69. The Bertz CT molecular complexity index is 741. The number of benzene rings is 1. The Balaban J connectivity index is 2.21. The van der Waals surface area contributed by atoms with Gasteiger partial charge in [0.15, 0.2) is 5.82 Å². The van der Waals surface area contributed by atoms with Crippen LogP contribution in [0.3, 0.4) is 0 Å². The Labute approximate surface area is 103 Å². The molecule has 3 rings (SSSR count). The molecule has 4 nitrogen and oxygen atoms in total. The van der Waals surface area contributed by atoms with Gasteiger partial charge in [0.1, 0.15) is 5.69 Å². The molecule has 3 aromatic rings. The van der Waals surface area contributed by atoms with Crippen molar-refractivity contribution in [1.29, 1.82) is 0 Å². The number of fused-ring (bicyclic) bond motifs is 1. The number of hydrogen-bond acceptors (Lipinski definition) is 3. The molecule has 17 heavy (non-hydrogen) atoms. The molecule has 0 aliphatic rings. The smallest absolute Gasteiger partial charge is 0.216 e. The summed E-state index contributed by atoms with van der Waals surface area (Å²) in [7, 11) is 1.83. The number of aryl methyl sites for hydroxylation is 1. The zero-order valence-corrected chi connectivity index (χ0v) is 10.0. The molecule has 0 radical (unpaired) electrons. The zero-order valence-electron chi connectivity index (χ0n) is 9.21. The van der Waals surface area contributed by atoms with E-state index in [0.29, 0.717) is 10.6 Å². The molecule has 84 valence electrons. The van der Waals surface area contributed by atoms with Crippen LogP contribution >= 0.6 is 12.2 Å². The van der Waals surface area contributed by atoms with Crippen molar-refractivity contribution in [2.75, 3.05) is 0 Å². The van der Waals surface area contributed by atoms with Gasteiger partial charge >= 0.3 is 0 Å². The summed E-state index contributed by atoms with van der Waals surface area (Å²) in [6.45, 7) is 0. The van der Waals surface area contributed by atoms with Crippen LogP contribution in [0.2, 0.25) is 0 Å². The van der Waals surface area contributed by atoms with Gasteiger partial charge in [-0.05, 0) is 24.4 Å².